The van der Waals surface area contributed by atoms with Crippen molar-refractivity contribution in [2.45, 2.75) is 33.5 Å². The summed E-state index contributed by atoms with van der Waals surface area (Å²) in [7, 11) is 1.72. The number of hydrogen-bond acceptors (Lipinski definition) is 2. The minimum Gasteiger partial charge on any atom is -0.377 e. The van der Waals surface area contributed by atoms with Crippen molar-refractivity contribution in [2.75, 3.05) is 13.7 Å². The van der Waals surface area contributed by atoms with Crippen molar-refractivity contribution in [3.8, 4) is 0 Å². The maximum absolute atomic E-state index is 13.6. The Kier molecular flexibility index (Phi) is 10.2. The second kappa shape index (κ2) is 11.9. The van der Waals surface area contributed by atoms with E-state index in [0.717, 1.165) is 23.3 Å². The van der Waals surface area contributed by atoms with E-state index in [4.69, 9.17) is 4.74 Å². The third-order valence-electron chi connectivity index (χ3n) is 3.88. The predicted octanol–water partition coefficient (Wildman–Crippen LogP) is 4.15. The molecule has 0 aliphatic carbocycles. The molecule has 0 saturated heterocycles. The fraction of sp³-hybridized carbons (Fsp3) is 0.350. The Morgan fingerprint density at radius 3 is 2.15 bits per heavy atom. The Labute approximate surface area is 172 Å². The van der Waals surface area contributed by atoms with Gasteiger partial charge in [0.2, 0.25) is 0 Å². The Bertz CT molecular complexity index is 705. The minimum absolute atomic E-state index is 0. The summed E-state index contributed by atoms with van der Waals surface area (Å²) in [5.74, 6) is 0.494. The van der Waals surface area contributed by atoms with Crippen molar-refractivity contribution in [1.82, 2.24) is 10.6 Å². The lowest BCUT2D eigenvalue weighted by Gasteiger charge is -2.13. The molecule has 0 amide bonds. The molecular weight excluding hydrogens is 444 g/mol. The molecule has 2 N–H and O–H groups in total. The summed E-state index contributed by atoms with van der Waals surface area (Å²) < 4.78 is 19.0. The Hall–Kier alpha value is -1.67. The van der Waals surface area contributed by atoms with Gasteiger partial charge in [-0.3, -0.25) is 4.99 Å². The monoisotopic (exact) mass is 471 g/mol. The van der Waals surface area contributed by atoms with Gasteiger partial charge in [0, 0.05) is 26.7 Å². The van der Waals surface area contributed by atoms with Crippen molar-refractivity contribution in [3.05, 3.63) is 70.5 Å². The van der Waals surface area contributed by atoms with Gasteiger partial charge >= 0.3 is 0 Å². The average molecular weight is 471 g/mol. The number of ether oxygens (including phenoxy) is 1. The highest BCUT2D eigenvalue weighted by Crippen LogP contribution is 2.09. The number of rotatable bonds is 7. The van der Waals surface area contributed by atoms with Crippen LogP contribution < -0.4 is 10.6 Å². The van der Waals surface area contributed by atoms with Gasteiger partial charge in [0.05, 0.1) is 6.61 Å². The van der Waals surface area contributed by atoms with Gasteiger partial charge in [-0.05, 0) is 42.2 Å². The number of halogens is 2. The first-order chi connectivity index (χ1) is 12.1. The van der Waals surface area contributed by atoms with Crippen molar-refractivity contribution in [3.63, 3.8) is 0 Å². The summed E-state index contributed by atoms with van der Waals surface area (Å²) in [6.45, 7) is 6.28. The zero-order valence-electron chi connectivity index (χ0n) is 15.5. The molecule has 0 aliphatic rings. The van der Waals surface area contributed by atoms with Crippen LogP contribution in [0.15, 0.2) is 47.5 Å². The second-order valence-corrected chi connectivity index (χ2v) is 5.82. The number of nitrogens with one attached hydrogen (secondary N) is 2. The summed E-state index contributed by atoms with van der Waals surface area (Å²) in [5.41, 5.74) is 3.85. The van der Waals surface area contributed by atoms with E-state index in [-0.39, 0.29) is 29.8 Å². The molecule has 2 aromatic rings. The summed E-state index contributed by atoms with van der Waals surface area (Å²) >= 11 is 0. The molecule has 0 heterocycles. The second-order valence-electron chi connectivity index (χ2n) is 5.82. The van der Waals surface area contributed by atoms with Crippen LogP contribution in [0.25, 0.3) is 0 Å². The van der Waals surface area contributed by atoms with E-state index in [1.54, 1.807) is 26.1 Å². The molecule has 0 aromatic heterocycles. The van der Waals surface area contributed by atoms with Crippen LogP contribution in [-0.4, -0.2) is 19.6 Å². The van der Waals surface area contributed by atoms with Gasteiger partial charge in [-0.25, -0.2) is 4.39 Å². The highest BCUT2D eigenvalue weighted by Gasteiger charge is 2.02. The van der Waals surface area contributed by atoms with E-state index >= 15 is 0 Å². The van der Waals surface area contributed by atoms with Gasteiger partial charge in [0.1, 0.15) is 5.82 Å². The number of benzene rings is 2. The van der Waals surface area contributed by atoms with Gasteiger partial charge in [0.25, 0.3) is 0 Å². The summed E-state index contributed by atoms with van der Waals surface area (Å²) in [6, 6.07) is 13.5. The molecule has 26 heavy (non-hydrogen) atoms. The molecule has 2 rings (SSSR count). The van der Waals surface area contributed by atoms with Gasteiger partial charge in [0.15, 0.2) is 5.96 Å². The van der Waals surface area contributed by atoms with E-state index in [1.807, 2.05) is 13.0 Å². The van der Waals surface area contributed by atoms with E-state index in [0.29, 0.717) is 31.2 Å². The molecule has 0 radical (unpaired) electrons. The largest absolute Gasteiger partial charge is 0.377 e. The molecule has 4 nitrogen and oxygen atoms in total. The maximum Gasteiger partial charge on any atom is 0.191 e. The number of aliphatic imine (C=N–C) groups is 1. The first-order valence-electron chi connectivity index (χ1n) is 8.47. The summed E-state index contributed by atoms with van der Waals surface area (Å²) in [4.78, 5) is 4.20. The van der Waals surface area contributed by atoms with Gasteiger partial charge in [-0.15, -0.1) is 24.0 Å². The molecule has 0 atom stereocenters. The zero-order chi connectivity index (χ0) is 18.1. The van der Waals surface area contributed by atoms with E-state index in [1.165, 1.54) is 0 Å². The predicted molar refractivity (Wildman–Crippen MR) is 115 cm³/mol. The molecular formula is C20H27FIN3O. The fourth-order valence-corrected chi connectivity index (χ4v) is 2.31. The Morgan fingerprint density at radius 2 is 1.58 bits per heavy atom. The Balaban J connectivity index is 0.00000338. The van der Waals surface area contributed by atoms with Crippen LogP contribution >= 0.6 is 24.0 Å². The molecule has 0 unspecified atom stereocenters. The number of nitrogens with zero attached hydrogens (tertiary/aromatic N) is 1. The van der Waals surface area contributed by atoms with Crippen molar-refractivity contribution in [1.29, 1.82) is 0 Å². The van der Waals surface area contributed by atoms with Crippen LogP contribution in [0.4, 0.5) is 4.39 Å². The highest BCUT2D eigenvalue weighted by atomic mass is 127. The van der Waals surface area contributed by atoms with E-state index in [9.17, 15) is 4.39 Å². The summed E-state index contributed by atoms with van der Waals surface area (Å²) in [5, 5.41) is 6.45. The van der Waals surface area contributed by atoms with E-state index < -0.39 is 0 Å². The topological polar surface area (TPSA) is 45.6 Å². The van der Waals surface area contributed by atoms with Crippen LogP contribution in [0, 0.1) is 12.7 Å². The first-order valence-corrected chi connectivity index (χ1v) is 8.47. The van der Waals surface area contributed by atoms with Crippen molar-refractivity contribution < 1.29 is 9.13 Å². The SMILES string of the molecule is CCOCc1ccc(CNC(=NC)NCc2ccc(C)c(F)c2)cc1.I. The molecule has 0 bridgehead atoms. The van der Waals surface area contributed by atoms with Gasteiger partial charge < -0.3 is 15.4 Å². The van der Waals surface area contributed by atoms with Crippen LogP contribution in [0.1, 0.15) is 29.2 Å². The van der Waals surface area contributed by atoms with Gasteiger partial charge in [-0.2, -0.15) is 0 Å². The number of hydrogen-bond donors (Lipinski definition) is 2. The van der Waals surface area contributed by atoms with Crippen molar-refractivity contribution in [2.24, 2.45) is 4.99 Å². The average Bonchev–Trinajstić information content (AvgIpc) is 2.64. The van der Waals surface area contributed by atoms with Crippen LogP contribution in [0.2, 0.25) is 0 Å². The minimum atomic E-state index is -0.186. The first kappa shape index (κ1) is 22.4. The van der Waals surface area contributed by atoms with Crippen molar-refractivity contribution >= 4 is 29.9 Å². The van der Waals surface area contributed by atoms with Crippen LogP contribution in [-0.2, 0) is 24.4 Å². The Morgan fingerprint density at radius 1 is 1.00 bits per heavy atom. The number of guanidine groups is 1. The lowest BCUT2D eigenvalue weighted by atomic mass is 10.1. The molecule has 6 heteroatoms. The lowest BCUT2D eigenvalue weighted by Crippen LogP contribution is -2.36. The van der Waals surface area contributed by atoms with Crippen LogP contribution in [0.3, 0.4) is 0 Å². The molecule has 2 aromatic carbocycles. The summed E-state index contributed by atoms with van der Waals surface area (Å²) in [6.07, 6.45) is 0. The van der Waals surface area contributed by atoms with Crippen LogP contribution in [0.5, 0.6) is 0 Å². The molecule has 0 fully saturated rings. The molecule has 0 spiro atoms. The molecule has 0 aliphatic heterocycles. The molecule has 0 saturated carbocycles. The third kappa shape index (κ3) is 7.29. The zero-order valence-corrected chi connectivity index (χ0v) is 17.8. The normalized spacial score (nSPS) is 11.0. The quantitative estimate of drug-likeness (QED) is 0.362. The standard InChI is InChI=1S/C20H26FN3O.HI/c1-4-25-14-17-9-7-16(8-10-17)12-23-20(22-3)24-13-18-6-5-15(2)19(21)11-18;/h5-11H,4,12-14H2,1-3H3,(H2,22,23,24);1H. The third-order valence-corrected chi connectivity index (χ3v) is 3.88. The smallest absolute Gasteiger partial charge is 0.191 e. The van der Waals surface area contributed by atoms with E-state index in [2.05, 4.69) is 39.9 Å². The number of aryl methyl sites for hydroxylation is 1. The lowest BCUT2D eigenvalue weighted by molar-refractivity contribution is 0.134. The van der Waals surface area contributed by atoms with Gasteiger partial charge in [-0.1, -0.05) is 36.4 Å². The maximum atomic E-state index is 13.6. The molecule has 142 valence electrons. The fourth-order valence-electron chi connectivity index (χ4n) is 2.31. The highest BCUT2D eigenvalue weighted by molar-refractivity contribution is 14.0.